The molecule has 0 saturated carbocycles. The van der Waals surface area contributed by atoms with Crippen molar-refractivity contribution in [3.63, 3.8) is 0 Å². The van der Waals surface area contributed by atoms with Crippen molar-refractivity contribution in [3.8, 4) is 0 Å². The van der Waals surface area contributed by atoms with Crippen LogP contribution in [0.2, 0.25) is 0 Å². The summed E-state index contributed by atoms with van der Waals surface area (Å²) in [5.41, 5.74) is 3.13. The van der Waals surface area contributed by atoms with Crippen molar-refractivity contribution < 1.29 is 23.0 Å². The van der Waals surface area contributed by atoms with Crippen LogP contribution in [0.4, 0.5) is 5.69 Å². The summed E-state index contributed by atoms with van der Waals surface area (Å²) >= 11 is 0. The van der Waals surface area contributed by atoms with E-state index < -0.39 is 16.3 Å². The second-order valence-corrected chi connectivity index (χ2v) is 15.4. The lowest BCUT2D eigenvalue weighted by atomic mass is 9.90. The topological polar surface area (TPSA) is 88.1 Å². The first kappa shape index (κ1) is 39.0. The van der Waals surface area contributed by atoms with Gasteiger partial charge in [-0.05, 0) is 61.3 Å². The fourth-order valence-electron chi connectivity index (χ4n) is 6.67. The van der Waals surface area contributed by atoms with Crippen LogP contribution in [0.5, 0.6) is 0 Å². The Morgan fingerprint density at radius 3 is 1.94 bits per heavy atom. The minimum atomic E-state index is -3.75. The van der Waals surface area contributed by atoms with E-state index in [9.17, 15) is 13.5 Å². The highest BCUT2D eigenvalue weighted by Gasteiger charge is 2.39. The van der Waals surface area contributed by atoms with Crippen LogP contribution >= 0.6 is 0 Å². The smallest absolute Gasteiger partial charge is 0.261 e. The van der Waals surface area contributed by atoms with Crippen LogP contribution in [0.25, 0.3) is 0 Å². The molecule has 0 bridgehead atoms. The van der Waals surface area contributed by atoms with Crippen LogP contribution in [0, 0.1) is 5.92 Å². The van der Waals surface area contributed by atoms with E-state index in [-0.39, 0.29) is 29.6 Å². The summed E-state index contributed by atoms with van der Waals surface area (Å²) in [4.78, 5) is 2.82. The number of hydrogen-bond donors (Lipinski definition) is 2. The summed E-state index contributed by atoms with van der Waals surface area (Å²) in [6.45, 7) is 9.67. The molecular formula is C41H60N2O5S. The van der Waals surface area contributed by atoms with E-state index in [1.54, 1.807) is 36.4 Å². The Morgan fingerprint density at radius 2 is 1.33 bits per heavy atom. The lowest BCUT2D eigenvalue weighted by Crippen LogP contribution is -2.45. The number of nitrogens with zero attached hydrogens (tertiary/aromatic N) is 1. The number of anilines is 1. The zero-order valence-corrected chi connectivity index (χ0v) is 30.9. The molecule has 1 heterocycles. The third-order valence-electron chi connectivity index (χ3n) is 9.68. The number of rotatable bonds is 22. The van der Waals surface area contributed by atoms with Crippen LogP contribution in [-0.4, -0.2) is 44.2 Å². The summed E-state index contributed by atoms with van der Waals surface area (Å²) in [5, 5.41) is 9.66. The number of benzene rings is 3. The van der Waals surface area contributed by atoms with E-state index in [1.165, 1.54) is 77.0 Å². The van der Waals surface area contributed by atoms with Gasteiger partial charge in [0.1, 0.15) is 0 Å². The van der Waals surface area contributed by atoms with Gasteiger partial charge in [-0.3, -0.25) is 4.72 Å². The van der Waals surface area contributed by atoms with E-state index >= 15 is 0 Å². The van der Waals surface area contributed by atoms with Gasteiger partial charge in [0.05, 0.1) is 23.7 Å². The van der Waals surface area contributed by atoms with Gasteiger partial charge in [0.15, 0.2) is 6.29 Å². The fraction of sp³-hybridized carbons (Fsp3) is 0.561. The predicted molar refractivity (Wildman–Crippen MR) is 200 cm³/mol. The average molecular weight is 693 g/mol. The first-order valence-corrected chi connectivity index (χ1v) is 20.2. The Kier molecular flexibility index (Phi) is 16.6. The highest BCUT2D eigenvalue weighted by Crippen LogP contribution is 2.42. The predicted octanol–water partition coefficient (Wildman–Crippen LogP) is 9.79. The second-order valence-electron chi connectivity index (χ2n) is 13.7. The van der Waals surface area contributed by atoms with Crippen molar-refractivity contribution in [3.05, 3.63) is 95.6 Å². The largest absolute Gasteiger partial charge is 0.392 e. The van der Waals surface area contributed by atoms with Crippen LogP contribution in [0.3, 0.4) is 0 Å². The van der Waals surface area contributed by atoms with Crippen molar-refractivity contribution in [2.75, 3.05) is 24.4 Å². The molecule has 4 atom stereocenters. The molecule has 49 heavy (non-hydrogen) atoms. The Morgan fingerprint density at radius 1 is 0.714 bits per heavy atom. The lowest BCUT2D eigenvalue weighted by molar-refractivity contribution is -0.276. The van der Waals surface area contributed by atoms with Crippen molar-refractivity contribution in [1.82, 2.24) is 4.90 Å². The fourth-order valence-corrected chi connectivity index (χ4v) is 7.74. The van der Waals surface area contributed by atoms with Gasteiger partial charge in [0.2, 0.25) is 0 Å². The molecular weight excluding hydrogens is 633 g/mol. The van der Waals surface area contributed by atoms with Crippen molar-refractivity contribution in [2.45, 2.75) is 128 Å². The molecule has 270 valence electrons. The first-order chi connectivity index (χ1) is 23.8. The molecule has 3 aromatic carbocycles. The van der Waals surface area contributed by atoms with Gasteiger partial charge in [0, 0.05) is 23.7 Å². The maximum atomic E-state index is 13.1. The molecule has 1 saturated heterocycles. The molecule has 4 rings (SSSR count). The molecule has 0 unspecified atom stereocenters. The van der Waals surface area contributed by atoms with E-state index in [2.05, 4.69) is 30.4 Å². The van der Waals surface area contributed by atoms with Gasteiger partial charge in [-0.1, -0.05) is 140 Å². The second kappa shape index (κ2) is 20.8. The number of hydrogen-bond acceptors (Lipinski definition) is 6. The van der Waals surface area contributed by atoms with Crippen molar-refractivity contribution in [1.29, 1.82) is 0 Å². The Bertz CT molecular complexity index is 1430. The standard InChI is InChI=1S/C41H60N2O5S/c1-4-6-8-10-12-17-28-43(29-18-13-11-9-7-5-2)31-39-33(3)40(35-26-24-34(32-44)25-27-35)48-41(47-39)36-20-19-21-37(30-36)42-49(45,46)38-22-15-14-16-23-38/h14-16,19-27,30,33,39-42,44H,4-13,17-18,28-29,31-32H2,1-3H3/t33-,39+,40+,41+/m0/s1. The normalized spacial score (nSPS) is 19.7. The minimum absolute atomic E-state index is 0.00670. The molecule has 0 aliphatic carbocycles. The van der Waals surface area contributed by atoms with E-state index in [1.807, 2.05) is 42.5 Å². The van der Waals surface area contributed by atoms with Gasteiger partial charge in [-0.25, -0.2) is 8.42 Å². The Balaban J connectivity index is 1.54. The van der Waals surface area contributed by atoms with Crippen LogP contribution < -0.4 is 4.72 Å². The molecule has 7 nitrogen and oxygen atoms in total. The summed E-state index contributed by atoms with van der Waals surface area (Å²) in [6.07, 6.45) is 14.3. The van der Waals surface area contributed by atoms with Crippen molar-refractivity contribution in [2.24, 2.45) is 5.92 Å². The number of sulfonamides is 1. The molecule has 0 aromatic heterocycles. The SMILES string of the molecule is CCCCCCCCN(CCCCCCCC)C[C@H]1O[C@@H](c2cccc(NS(=O)(=O)c3ccccc3)c2)O[C@@H](c2ccc(CO)cc2)[C@H]1C. The van der Waals surface area contributed by atoms with E-state index in [0.717, 1.165) is 36.3 Å². The molecule has 0 spiro atoms. The third-order valence-corrected chi connectivity index (χ3v) is 11.1. The number of ether oxygens (including phenoxy) is 2. The molecule has 1 aliphatic rings. The summed E-state index contributed by atoms with van der Waals surface area (Å²) < 4.78 is 42.5. The monoisotopic (exact) mass is 692 g/mol. The summed E-state index contributed by atoms with van der Waals surface area (Å²) in [6, 6.07) is 23.7. The van der Waals surface area contributed by atoms with Gasteiger partial charge in [-0.15, -0.1) is 0 Å². The summed E-state index contributed by atoms with van der Waals surface area (Å²) in [5.74, 6) is 0.0765. The molecule has 1 aliphatic heterocycles. The highest BCUT2D eigenvalue weighted by molar-refractivity contribution is 7.92. The van der Waals surface area contributed by atoms with E-state index in [4.69, 9.17) is 9.47 Å². The van der Waals surface area contributed by atoms with E-state index in [0.29, 0.717) is 5.69 Å². The molecule has 2 N–H and O–H groups in total. The van der Waals surface area contributed by atoms with Gasteiger partial charge in [0.25, 0.3) is 10.0 Å². The van der Waals surface area contributed by atoms with Crippen LogP contribution in [-0.2, 0) is 26.1 Å². The number of aliphatic hydroxyl groups excluding tert-OH is 1. The lowest BCUT2D eigenvalue weighted by Gasteiger charge is -2.43. The number of nitrogens with one attached hydrogen (secondary N) is 1. The van der Waals surface area contributed by atoms with Gasteiger partial charge < -0.3 is 19.5 Å². The number of aliphatic hydroxyl groups is 1. The maximum absolute atomic E-state index is 13.1. The van der Waals surface area contributed by atoms with Crippen molar-refractivity contribution >= 4 is 15.7 Å². The van der Waals surface area contributed by atoms with Gasteiger partial charge >= 0.3 is 0 Å². The Hall–Kier alpha value is -2.75. The average Bonchev–Trinajstić information content (AvgIpc) is 3.12. The zero-order valence-electron chi connectivity index (χ0n) is 30.1. The quantitative estimate of drug-likeness (QED) is 0.102. The zero-order chi connectivity index (χ0) is 34.9. The number of unbranched alkanes of at least 4 members (excludes halogenated alkanes) is 10. The maximum Gasteiger partial charge on any atom is 0.261 e. The minimum Gasteiger partial charge on any atom is -0.392 e. The molecule has 0 amide bonds. The molecule has 8 heteroatoms. The molecule has 3 aromatic rings. The van der Waals surface area contributed by atoms with Gasteiger partial charge in [-0.2, -0.15) is 0 Å². The third kappa shape index (κ3) is 12.5. The first-order valence-electron chi connectivity index (χ1n) is 18.8. The molecule has 0 radical (unpaired) electrons. The molecule has 1 fully saturated rings. The summed E-state index contributed by atoms with van der Waals surface area (Å²) in [7, 11) is -3.75. The van der Waals surface area contributed by atoms with Crippen LogP contribution in [0.1, 0.15) is 127 Å². The highest BCUT2D eigenvalue weighted by atomic mass is 32.2. The Labute approximate surface area is 296 Å². The van der Waals surface area contributed by atoms with Crippen LogP contribution in [0.15, 0.2) is 83.8 Å².